The molecule has 2 aliphatic heterocycles. The lowest BCUT2D eigenvalue weighted by Gasteiger charge is -2.45. The normalized spacial score (nSPS) is 22.5. The van der Waals surface area contributed by atoms with E-state index in [1.165, 1.54) is 11.1 Å². The molecule has 4 rings (SSSR count). The molecule has 0 aliphatic carbocycles. The van der Waals surface area contributed by atoms with Crippen LogP contribution in [0.25, 0.3) is 0 Å². The molecule has 0 aromatic heterocycles. The Hall–Kier alpha value is -2.13. The first-order valence-corrected chi connectivity index (χ1v) is 9.76. The molecule has 2 aromatic rings. The van der Waals surface area contributed by atoms with Crippen molar-refractivity contribution in [2.45, 2.75) is 25.8 Å². The molecule has 2 atom stereocenters. The number of carbonyl (C=O) groups excluding carboxylic acids is 1. The van der Waals surface area contributed by atoms with Crippen LogP contribution in [0.3, 0.4) is 0 Å². The quantitative estimate of drug-likeness (QED) is 0.824. The van der Waals surface area contributed by atoms with Gasteiger partial charge in [-0.25, -0.2) is 0 Å². The Bertz CT molecular complexity index is 704. The summed E-state index contributed by atoms with van der Waals surface area (Å²) in [4.78, 5) is 17.0. The van der Waals surface area contributed by atoms with Crippen molar-refractivity contribution in [3.63, 3.8) is 0 Å². The molecule has 1 amide bonds. The molecule has 3 nitrogen and oxygen atoms in total. The number of carbonyl (C=O) groups is 1. The molecule has 2 aromatic carbocycles. The molecule has 3 heteroatoms. The van der Waals surface area contributed by atoms with Crippen LogP contribution in [0, 0.1) is 11.8 Å². The third-order valence-corrected chi connectivity index (χ3v) is 5.97. The number of hydrogen-bond donors (Lipinski definition) is 0. The number of rotatable bonds is 5. The van der Waals surface area contributed by atoms with Gasteiger partial charge in [-0.2, -0.15) is 0 Å². The summed E-state index contributed by atoms with van der Waals surface area (Å²) in [5.74, 6) is 1.45. The van der Waals surface area contributed by atoms with E-state index < -0.39 is 0 Å². The van der Waals surface area contributed by atoms with Crippen LogP contribution >= 0.6 is 0 Å². The van der Waals surface area contributed by atoms with Gasteiger partial charge in [-0.1, -0.05) is 74.5 Å². The van der Waals surface area contributed by atoms with E-state index in [2.05, 4.69) is 70.5 Å². The Balaban J connectivity index is 1.49. The Labute approximate surface area is 156 Å². The zero-order valence-corrected chi connectivity index (χ0v) is 15.7. The maximum absolute atomic E-state index is 12.3. The monoisotopic (exact) mass is 348 g/mol. The number of benzene rings is 2. The standard InChI is InChI=1S/C23H28N2O/c1-17(2)23(26)25-14-20-13-24(22(20)16-25)15-21(18-9-5-3-6-10-18)19-11-7-4-8-12-19/h3-12,17,20-22H,13-16H2,1-2H3/t20-,22+/m0/s1. The molecule has 2 aliphatic rings. The number of likely N-dealkylation sites (tertiary alicyclic amines) is 2. The van der Waals surface area contributed by atoms with Crippen molar-refractivity contribution < 1.29 is 4.79 Å². The van der Waals surface area contributed by atoms with Gasteiger partial charge in [0.15, 0.2) is 0 Å². The molecule has 0 N–H and O–H groups in total. The van der Waals surface area contributed by atoms with Gasteiger partial charge in [0.2, 0.25) is 5.91 Å². The first kappa shape index (κ1) is 17.3. The molecule has 2 heterocycles. The Morgan fingerprint density at radius 2 is 1.50 bits per heavy atom. The summed E-state index contributed by atoms with van der Waals surface area (Å²) in [7, 11) is 0. The van der Waals surface area contributed by atoms with Gasteiger partial charge in [0.05, 0.1) is 0 Å². The van der Waals surface area contributed by atoms with Crippen molar-refractivity contribution in [3.05, 3.63) is 71.8 Å². The van der Waals surface area contributed by atoms with E-state index in [0.717, 1.165) is 26.2 Å². The van der Waals surface area contributed by atoms with Crippen LogP contribution in [0.15, 0.2) is 60.7 Å². The van der Waals surface area contributed by atoms with Crippen LogP contribution in [0.4, 0.5) is 0 Å². The van der Waals surface area contributed by atoms with Crippen LogP contribution in [-0.4, -0.2) is 47.9 Å². The lowest BCUT2D eigenvalue weighted by atomic mass is 9.86. The van der Waals surface area contributed by atoms with Crippen molar-refractivity contribution in [2.24, 2.45) is 11.8 Å². The highest BCUT2D eigenvalue weighted by molar-refractivity contribution is 5.78. The molecule has 2 saturated heterocycles. The highest BCUT2D eigenvalue weighted by Crippen LogP contribution is 2.36. The summed E-state index contributed by atoms with van der Waals surface area (Å²) in [5, 5.41) is 0. The molecule has 0 unspecified atom stereocenters. The molecule has 2 fully saturated rings. The van der Waals surface area contributed by atoms with E-state index in [1.807, 2.05) is 13.8 Å². The van der Waals surface area contributed by atoms with Gasteiger partial charge in [-0.3, -0.25) is 9.69 Å². The van der Waals surface area contributed by atoms with Gasteiger partial charge in [-0.05, 0) is 11.1 Å². The van der Waals surface area contributed by atoms with Gasteiger partial charge < -0.3 is 4.90 Å². The van der Waals surface area contributed by atoms with Gasteiger partial charge >= 0.3 is 0 Å². The zero-order valence-electron chi connectivity index (χ0n) is 15.7. The third kappa shape index (κ3) is 3.28. The molecule has 136 valence electrons. The Morgan fingerprint density at radius 1 is 0.923 bits per heavy atom. The fraction of sp³-hybridized carbons (Fsp3) is 0.435. The first-order chi connectivity index (χ1) is 12.6. The molecule has 0 saturated carbocycles. The third-order valence-electron chi connectivity index (χ3n) is 5.97. The summed E-state index contributed by atoms with van der Waals surface area (Å²) in [5.41, 5.74) is 2.74. The fourth-order valence-electron chi connectivity index (χ4n) is 4.51. The smallest absolute Gasteiger partial charge is 0.225 e. The number of fused-ring (bicyclic) bond motifs is 1. The maximum Gasteiger partial charge on any atom is 0.225 e. The van der Waals surface area contributed by atoms with Gasteiger partial charge in [0, 0.05) is 50.0 Å². The fourth-order valence-corrected chi connectivity index (χ4v) is 4.51. The molecule has 0 spiro atoms. The van der Waals surface area contributed by atoms with Crippen LogP contribution < -0.4 is 0 Å². The maximum atomic E-state index is 12.3. The van der Waals surface area contributed by atoms with E-state index in [4.69, 9.17) is 0 Å². The minimum atomic E-state index is 0.0994. The summed E-state index contributed by atoms with van der Waals surface area (Å²) < 4.78 is 0. The minimum absolute atomic E-state index is 0.0994. The van der Waals surface area contributed by atoms with Crippen molar-refractivity contribution in [1.29, 1.82) is 0 Å². The highest BCUT2D eigenvalue weighted by atomic mass is 16.2. The second-order valence-electron chi connectivity index (χ2n) is 8.05. The van der Waals surface area contributed by atoms with E-state index in [9.17, 15) is 4.79 Å². The number of nitrogens with zero attached hydrogens (tertiary/aromatic N) is 2. The van der Waals surface area contributed by atoms with Crippen molar-refractivity contribution >= 4 is 5.91 Å². The van der Waals surface area contributed by atoms with Crippen LogP contribution in [0.5, 0.6) is 0 Å². The Morgan fingerprint density at radius 3 is 2.04 bits per heavy atom. The lowest BCUT2D eigenvalue weighted by Crippen LogP contribution is -2.56. The van der Waals surface area contributed by atoms with Gasteiger partial charge in [0.25, 0.3) is 0 Å². The SMILES string of the molecule is CC(C)C(=O)N1C[C@@H]2CN(CC(c3ccccc3)c3ccccc3)[C@@H]2C1. The molecular weight excluding hydrogens is 320 g/mol. The number of hydrogen-bond acceptors (Lipinski definition) is 2. The first-order valence-electron chi connectivity index (χ1n) is 9.76. The van der Waals surface area contributed by atoms with Gasteiger partial charge in [0.1, 0.15) is 0 Å². The molecule has 0 radical (unpaired) electrons. The topological polar surface area (TPSA) is 23.6 Å². The van der Waals surface area contributed by atoms with Crippen molar-refractivity contribution in [2.75, 3.05) is 26.2 Å². The predicted octanol–water partition coefficient (Wildman–Crippen LogP) is 3.62. The highest BCUT2D eigenvalue weighted by Gasteiger charge is 2.47. The molecular formula is C23H28N2O. The zero-order chi connectivity index (χ0) is 18.1. The van der Waals surface area contributed by atoms with Crippen molar-refractivity contribution in [3.8, 4) is 0 Å². The minimum Gasteiger partial charge on any atom is -0.341 e. The second-order valence-corrected chi connectivity index (χ2v) is 8.05. The lowest BCUT2D eigenvalue weighted by molar-refractivity contribution is -0.133. The largest absolute Gasteiger partial charge is 0.341 e. The Kier molecular flexibility index (Phi) is 4.82. The van der Waals surface area contributed by atoms with Crippen molar-refractivity contribution in [1.82, 2.24) is 9.80 Å². The summed E-state index contributed by atoms with van der Waals surface area (Å²) >= 11 is 0. The number of amides is 1. The van der Waals surface area contributed by atoms with Crippen LogP contribution in [-0.2, 0) is 4.79 Å². The summed E-state index contributed by atoms with van der Waals surface area (Å²) in [6.45, 7) is 7.99. The van der Waals surface area contributed by atoms with E-state index in [0.29, 0.717) is 23.8 Å². The second kappa shape index (κ2) is 7.24. The van der Waals surface area contributed by atoms with E-state index in [1.54, 1.807) is 0 Å². The predicted molar refractivity (Wildman–Crippen MR) is 105 cm³/mol. The van der Waals surface area contributed by atoms with Gasteiger partial charge in [-0.15, -0.1) is 0 Å². The summed E-state index contributed by atoms with van der Waals surface area (Å²) in [6.07, 6.45) is 0. The van der Waals surface area contributed by atoms with Crippen LogP contribution in [0.1, 0.15) is 30.9 Å². The average molecular weight is 348 g/mol. The summed E-state index contributed by atoms with van der Waals surface area (Å²) in [6, 6.07) is 22.1. The van der Waals surface area contributed by atoms with E-state index in [-0.39, 0.29) is 5.92 Å². The average Bonchev–Trinajstić information content (AvgIpc) is 3.00. The van der Waals surface area contributed by atoms with Crippen LogP contribution in [0.2, 0.25) is 0 Å². The van der Waals surface area contributed by atoms with E-state index >= 15 is 0 Å². The molecule has 0 bridgehead atoms. The molecule has 26 heavy (non-hydrogen) atoms.